The summed E-state index contributed by atoms with van der Waals surface area (Å²) in [7, 11) is 1.72. The van der Waals surface area contributed by atoms with Crippen LogP contribution in [0.3, 0.4) is 0 Å². The number of anilines is 1. The summed E-state index contributed by atoms with van der Waals surface area (Å²) >= 11 is 0. The van der Waals surface area contributed by atoms with Crippen LogP contribution < -0.4 is 10.1 Å². The van der Waals surface area contributed by atoms with E-state index in [9.17, 15) is 0 Å². The van der Waals surface area contributed by atoms with Gasteiger partial charge in [0.15, 0.2) is 0 Å². The Bertz CT molecular complexity index is 1170. The maximum absolute atomic E-state index is 6.67. The zero-order valence-electron chi connectivity index (χ0n) is 19.8. The summed E-state index contributed by atoms with van der Waals surface area (Å²) in [6, 6.07) is 10.6. The second-order valence-corrected chi connectivity index (χ2v) is 9.87. The van der Waals surface area contributed by atoms with Crippen molar-refractivity contribution in [2.75, 3.05) is 32.1 Å². The number of hydrogen-bond acceptors (Lipinski definition) is 5. The summed E-state index contributed by atoms with van der Waals surface area (Å²) in [6.45, 7) is 8.95. The summed E-state index contributed by atoms with van der Waals surface area (Å²) in [4.78, 5) is 2.56. The zero-order valence-corrected chi connectivity index (χ0v) is 19.8. The lowest BCUT2D eigenvalue weighted by molar-refractivity contribution is -0.0452. The topological polar surface area (TPSA) is 56.5 Å². The van der Waals surface area contributed by atoms with Crippen molar-refractivity contribution >= 4 is 5.69 Å². The van der Waals surface area contributed by atoms with Crippen LogP contribution in [0.15, 0.2) is 42.7 Å². The molecule has 1 atom stereocenters. The number of fused-ring (bicyclic) bond motifs is 4. The smallest absolute Gasteiger partial charge is 0.121 e. The van der Waals surface area contributed by atoms with Gasteiger partial charge in [0.1, 0.15) is 11.3 Å². The number of nitrogens with zero attached hydrogens (tertiary/aromatic N) is 4. The maximum atomic E-state index is 6.67. The minimum Gasteiger partial charge on any atom is -0.497 e. The van der Waals surface area contributed by atoms with Crippen molar-refractivity contribution in [2.24, 2.45) is 0 Å². The lowest BCUT2D eigenvalue weighted by atomic mass is 9.79. The minimum atomic E-state index is -0.204. The molecule has 2 fully saturated rings. The van der Waals surface area contributed by atoms with E-state index in [1.54, 1.807) is 7.11 Å². The lowest BCUT2D eigenvalue weighted by Crippen LogP contribution is -2.46. The highest BCUT2D eigenvalue weighted by molar-refractivity contribution is 5.69. The summed E-state index contributed by atoms with van der Waals surface area (Å²) in [5.41, 5.74) is 5.78. The number of piperidine rings is 1. The maximum Gasteiger partial charge on any atom is 0.121 e. The second-order valence-electron chi connectivity index (χ2n) is 9.87. The fraction of sp³-hybridized carbons (Fsp3) is 0.500. The Hall–Kier alpha value is -2.77. The van der Waals surface area contributed by atoms with E-state index in [1.165, 1.54) is 16.9 Å². The van der Waals surface area contributed by atoms with Gasteiger partial charge in [-0.3, -0.25) is 9.58 Å². The molecule has 0 amide bonds. The van der Waals surface area contributed by atoms with Crippen LogP contribution in [0.25, 0.3) is 5.69 Å². The average molecular weight is 448 g/mol. The molecule has 0 radical (unpaired) electrons. The van der Waals surface area contributed by atoms with Gasteiger partial charge in [0.05, 0.1) is 42.1 Å². The minimum absolute atomic E-state index is 0.0718. The van der Waals surface area contributed by atoms with E-state index in [0.29, 0.717) is 6.61 Å². The first-order valence-corrected chi connectivity index (χ1v) is 12.1. The highest BCUT2D eigenvalue weighted by Gasteiger charge is 2.53. The molecule has 2 aromatic heterocycles. The van der Waals surface area contributed by atoms with Crippen molar-refractivity contribution in [3.8, 4) is 11.4 Å². The van der Waals surface area contributed by atoms with Crippen LogP contribution in [-0.4, -0.2) is 51.7 Å². The predicted octanol–water partition coefficient (Wildman–Crippen LogP) is 4.09. The molecule has 2 spiro atoms. The van der Waals surface area contributed by atoms with E-state index >= 15 is 0 Å². The van der Waals surface area contributed by atoms with Crippen LogP contribution in [0, 0.1) is 6.92 Å². The number of nitrogens with one attached hydrogen (secondary N) is 1. The summed E-state index contributed by atoms with van der Waals surface area (Å²) in [5, 5.41) is 8.49. The fourth-order valence-corrected chi connectivity index (χ4v) is 5.99. The van der Waals surface area contributed by atoms with Crippen molar-refractivity contribution in [3.05, 3.63) is 59.7 Å². The van der Waals surface area contributed by atoms with Crippen LogP contribution >= 0.6 is 0 Å². The summed E-state index contributed by atoms with van der Waals surface area (Å²) in [5.74, 6) is 0.871. The second kappa shape index (κ2) is 7.64. The molecule has 1 N–H and O–H groups in total. The number of likely N-dealkylation sites (tertiary alicyclic amines) is 1. The van der Waals surface area contributed by atoms with E-state index in [2.05, 4.69) is 70.4 Å². The number of benzene rings is 1. The van der Waals surface area contributed by atoms with Crippen molar-refractivity contribution in [1.82, 2.24) is 19.2 Å². The monoisotopic (exact) mass is 447 g/mol. The molecular weight excluding hydrogens is 414 g/mol. The highest BCUT2D eigenvalue weighted by Crippen LogP contribution is 2.50. The quantitative estimate of drug-likeness (QED) is 0.653. The first-order valence-electron chi connectivity index (χ1n) is 12.1. The summed E-state index contributed by atoms with van der Waals surface area (Å²) in [6.07, 6.45) is 7.47. The Balaban J connectivity index is 1.20. The molecule has 7 heteroatoms. The van der Waals surface area contributed by atoms with Crippen molar-refractivity contribution in [1.29, 1.82) is 0 Å². The van der Waals surface area contributed by atoms with Gasteiger partial charge in [-0.05, 0) is 51.0 Å². The van der Waals surface area contributed by atoms with Crippen molar-refractivity contribution in [3.63, 3.8) is 0 Å². The van der Waals surface area contributed by atoms with Crippen LogP contribution in [0.2, 0.25) is 0 Å². The van der Waals surface area contributed by atoms with E-state index in [0.717, 1.165) is 62.6 Å². The van der Waals surface area contributed by atoms with E-state index in [4.69, 9.17) is 9.47 Å². The third kappa shape index (κ3) is 3.37. The van der Waals surface area contributed by atoms with Gasteiger partial charge in [-0.2, -0.15) is 5.10 Å². The predicted molar refractivity (Wildman–Crippen MR) is 128 cm³/mol. The van der Waals surface area contributed by atoms with Gasteiger partial charge >= 0.3 is 0 Å². The molecule has 3 aliphatic rings. The number of hydrogen-bond donors (Lipinski definition) is 1. The Morgan fingerprint density at radius 3 is 2.82 bits per heavy atom. The third-order valence-corrected chi connectivity index (χ3v) is 7.86. The molecule has 174 valence electrons. The molecule has 1 unspecified atom stereocenters. The van der Waals surface area contributed by atoms with Gasteiger partial charge in [0.2, 0.25) is 0 Å². The standard InChI is InChI=1S/C26H33N5O2/c1-4-30-16-20(19(2)28-30)15-29-12-9-25(10-13-29)17-26(18-33-25)24-6-5-11-31(24)23-8-7-21(32-3)14-22(23)27-26/h5-8,11,14,16,27H,4,9-10,12-13,15,17-18H2,1-3H3. The third-order valence-electron chi connectivity index (χ3n) is 7.86. The molecule has 1 aromatic carbocycles. The van der Waals surface area contributed by atoms with Crippen LogP contribution in [0.1, 0.15) is 43.1 Å². The van der Waals surface area contributed by atoms with Crippen LogP contribution in [0.5, 0.6) is 5.75 Å². The first-order chi connectivity index (χ1) is 16.0. The molecule has 33 heavy (non-hydrogen) atoms. The number of ether oxygens (including phenoxy) is 2. The Morgan fingerprint density at radius 2 is 2.06 bits per heavy atom. The van der Waals surface area contributed by atoms with E-state index in [1.807, 2.05) is 10.7 Å². The van der Waals surface area contributed by atoms with Gasteiger partial charge in [-0.15, -0.1) is 0 Å². The van der Waals surface area contributed by atoms with E-state index < -0.39 is 0 Å². The number of aromatic nitrogens is 3. The Labute approximate surface area is 195 Å². The number of aryl methyl sites for hydroxylation is 2. The van der Waals surface area contributed by atoms with Crippen molar-refractivity contribution in [2.45, 2.75) is 57.3 Å². The largest absolute Gasteiger partial charge is 0.497 e. The van der Waals surface area contributed by atoms with Crippen molar-refractivity contribution < 1.29 is 9.47 Å². The van der Waals surface area contributed by atoms with Crippen LogP contribution in [-0.2, 0) is 23.4 Å². The zero-order chi connectivity index (χ0) is 22.6. The molecule has 0 saturated carbocycles. The molecule has 6 rings (SSSR count). The molecule has 2 saturated heterocycles. The lowest BCUT2D eigenvalue weighted by Gasteiger charge is -2.41. The first kappa shape index (κ1) is 20.8. The molecule has 3 aromatic rings. The fourth-order valence-electron chi connectivity index (χ4n) is 5.99. The van der Waals surface area contributed by atoms with Gasteiger partial charge in [0.25, 0.3) is 0 Å². The SMILES string of the molecule is CCn1cc(CN2CCC3(CC2)CC2(CO3)Nc3cc(OC)ccc3-n3cccc32)c(C)n1. The molecule has 0 aliphatic carbocycles. The molecule has 7 nitrogen and oxygen atoms in total. The Morgan fingerprint density at radius 1 is 1.21 bits per heavy atom. The van der Waals surface area contributed by atoms with E-state index in [-0.39, 0.29) is 11.1 Å². The Kier molecular flexibility index (Phi) is 4.82. The molecule has 3 aliphatic heterocycles. The molecular formula is C26H33N5O2. The number of methoxy groups -OCH3 is 1. The van der Waals surface area contributed by atoms with Gasteiger partial charge in [-0.1, -0.05) is 0 Å². The van der Waals surface area contributed by atoms with Gasteiger partial charge < -0.3 is 19.4 Å². The van der Waals surface area contributed by atoms with Gasteiger partial charge in [-0.25, -0.2) is 0 Å². The van der Waals surface area contributed by atoms with Crippen LogP contribution in [0.4, 0.5) is 5.69 Å². The molecule has 0 bridgehead atoms. The van der Waals surface area contributed by atoms with Gasteiger partial charge in [0, 0.05) is 56.6 Å². The normalized spacial score (nSPS) is 23.5. The molecule has 5 heterocycles. The summed E-state index contributed by atoms with van der Waals surface area (Å²) < 4.78 is 16.5. The highest BCUT2D eigenvalue weighted by atomic mass is 16.5. The average Bonchev–Trinajstić information content (AvgIpc) is 3.54. The number of rotatable bonds is 4.